The Labute approximate surface area is 71.4 Å². The van der Waals surface area contributed by atoms with Crippen LogP contribution in [0.25, 0.3) is 0 Å². The van der Waals surface area contributed by atoms with Crippen LogP contribution in [-0.2, 0) is 9.59 Å². The number of rotatable bonds is 4. The van der Waals surface area contributed by atoms with E-state index in [1.165, 1.54) is 13.0 Å². The monoisotopic (exact) mass is 168 g/mol. The summed E-state index contributed by atoms with van der Waals surface area (Å²) < 4.78 is 0. The third-order valence-corrected chi connectivity index (χ3v) is 1.32. The van der Waals surface area contributed by atoms with E-state index in [9.17, 15) is 9.59 Å². The summed E-state index contributed by atoms with van der Waals surface area (Å²) in [5.41, 5.74) is 0.0839. The average Bonchev–Trinajstić information content (AvgIpc) is 2.05. The Morgan fingerprint density at radius 1 is 1.50 bits per heavy atom. The SMILES string of the molecule is CC=CC=C(C=O)[C@@H](O)C(C)=O. The van der Waals surface area contributed by atoms with Crippen molar-refractivity contribution >= 4 is 12.1 Å². The lowest BCUT2D eigenvalue weighted by molar-refractivity contribution is -0.124. The normalized spacial score (nSPS) is 14.8. The van der Waals surface area contributed by atoms with Crippen LogP contribution in [0.15, 0.2) is 23.8 Å². The highest BCUT2D eigenvalue weighted by atomic mass is 16.3. The maximum absolute atomic E-state index is 10.6. The Kier molecular flexibility index (Phi) is 4.88. The van der Waals surface area contributed by atoms with Gasteiger partial charge >= 0.3 is 0 Å². The molecule has 0 aliphatic heterocycles. The molecular formula is C9H12O3. The predicted octanol–water partition coefficient (Wildman–Crippen LogP) is 0.638. The highest BCUT2D eigenvalue weighted by molar-refractivity contribution is 5.92. The Morgan fingerprint density at radius 2 is 2.08 bits per heavy atom. The van der Waals surface area contributed by atoms with Crippen molar-refractivity contribution in [2.24, 2.45) is 0 Å². The lowest BCUT2D eigenvalue weighted by Gasteiger charge is -2.03. The zero-order chi connectivity index (χ0) is 9.56. The van der Waals surface area contributed by atoms with E-state index in [-0.39, 0.29) is 5.57 Å². The van der Waals surface area contributed by atoms with Crippen molar-refractivity contribution in [3.8, 4) is 0 Å². The Morgan fingerprint density at radius 3 is 2.42 bits per heavy atom. The summed E-state index contributed by atoms with van der Waals surface area (Å²) in [4.78, 5) is 21.0. The van der Waals surface area contributed by atoms with Crippen LogP contribution in [-0.4, -0.2) is 23.3 Å². The molecule has 1 atom stereocenters. The molecule has 0 spiro atoms. The second-order valence-corrected chi connectivity index (χ2v) is 2.32. The molecule has 3 heteroatoms. The summed E-state index contributed by atoms with van der Waals surface area (Å²) in [6, 6.07) is 0. The largest absolute Gasteiger partial charge is 0.380 e. The number of hydrogen-bond acceptors (Lipinski definition) is 3. The van der Waals surface area contributed by atoms with Gasteiger partial charge in [0.2, 0.25) is 0 Å². The first-order valence-corrected chi connectivity index (χ1v) is 3.60. The molecule has 66 valence electrons. The number of hydrogen-bond donors (Lipinski definition) is 1. The van der Waals surface area contributed by atoms with E-state index in [4.69, 9.17) is 5.11 Å². The smallest absolute Gasteiger partial charge is 0.162 e. The zero-order valence-electron chi connectivity index (χ0n) is 7.15. The van der Waals surface area contributed by atoms with E-state index >= 15 is 0 Å². The molecule has 12 heavy (non-hydrogen) atoms. The first-order chi connectivity index (χ1) is 5.63. The Bertz CT molecular complexity index is 226. The molecule has 0 unspecified atom stereocenters. The van der Waals surface area contributed by atoms with Gasteiger partial charge in [-0.05, 0) is 13.8 Å². The topological polar surface area (TPSA) is 54.4 Å². The van der Waals surface area contributed by atoms with Crippen LogP contribution < -0.4 is 0 Å². The molecular weight excluding hydrogens is 156 g/mol. The third-order valence-electron chi connectivity index (χ3n) is 1.32. The number of ketones is 1. The van der Waals surface area contributed by atoms with Crippen LogP contribution in [0.1, 0.15) is 13.8 Å². The van der Waals surface area contributed by atoms with Gasteiger partial charge < -0.3 is 5.11 Å². The second-order valence-electron chi connectivity index (χ2n) is 2.32. The van der Waals surface area contributed by atoms with Gasteiger partial charge in [0.25, 0.3) is 0 Å². The maximum Gasteiger partial charge on any atom is 0.162 e. The molecule has 0 saturated heterocycles. The van der Waals surface area contributed by atoms with Gasteiger partial charge in [-0.25, -0.2) is 0 Å². The second kappa shape index (κ2) is 5.43. The van der Waals surface area contributed by atoms with Crippen molar-refractivity contribution in [1.82, 2.24) is 0 Å². The quantitative estimate of drug-likeness (QED) is 0.380. The number of carbonyl (C=O) groups is 2. The molecule has 1 N–H and O–H groups in total. The fraction of sp³-hybridized carbons (Fsp3) is 0.333. The molecule has 0 saturated carbocycles. The summed E-state index contributed by atoms with van der Waals surface area (Å²) >= 11 is 0. The predicted molar refractivity (Wildman–Crippen MR) is 45.6 cm³/mol. The van der Waals surface area contributed by atoms with Gasteiger partial charge in [0, 0.05) is 5.57 Å². The summed E-state index contributed by atoms with van der Waals surface area (Å²) in [7, 11) is 0. The van der Waals surface area contributed by atoms with E-state index in [0.717, 1.165) is 0 Å². The summed E-state index contributed by atoms with van der Waals surface area (Å²) in [5.74, 6) is -0.433. The van der Waals surface area contributed by atoms with Crippen molar-refractivity contribution in [1.29, 1.82) is 0 Å². The molecule has 0 aromatic carbocycles. The van der Waals surface area contributed by atoms with Gasteiger partial charge in [0.15, 0.2) is 5.78 Å². The van der Waals surface area contributed by atoms with Gasteiger partial charge in [0.05, 0.1) is 0 Å². The van der Waals surface area contributed by atoms with Crippen LogP contribution in [0.2, 0.25) is 0 Å². The maximum atomic E-state index is 10.6. The van der Waals surface area contributed by atoms with E-state index in [1.54, 1.807) is 19.1 Å². The van der Waals surface area contributed by atoms with Crippen molar-refractivity contribution in [2.75, 3.05) is 0 Å². The summed E-state index contributed by atoms with van der Waals surface area (Å²) in [6.07, 6.45) is 3.90. The molecule has 0 aromatic rings. The molecule has 0 aromatic heterocycles. The highest BCUT2D eigenvalue weighted by Crippen LogP contribution is 2.00. The van der Waals surface area contributed by atoms with Crippen LogP contribution in [0.3, 0.4) is 0 Å². The molecule has 0 fully saturated rings. The average molecular weight is 168 g/mol. The third kappa shape index (κ3) is 3.25. The number of Topliss-reactive ketones (excluding diaryl/α,β-unsaturated/α-hetero) is 1. The van der Waals surface area contributed by atoms with Gasteiger partial charge in [-0.2, -0.15) is 0 Å². The minimum atomic E-state index is -1.29. The minimum Gasteiger partial charge on any atom is -0.380 e. The van der Waals surface area contributed by atoms with Crippen LogP contribution in [0.4, 0.5) is 0 Å². The van der Waals surface area contributed by atoms with Crippen molar-refractivity contribution in [3.63, 3.8) is 0 Å². The number of aliphatic hydroxyl groups excluding tert-OH is 1. The first-order valence-electron chi connectivity index (χ1n) is 3.60. The van der Waals surface area contributed by atoms with Gasteiger partial charge in [-0.1, -0.05) is 18.2 Å². The van der Waals surface area contributed by atoms with Crippen LogP contribution in [0.5, 0.6) is 0 Å². The standard InChI is InChI=1S/C9H12O3/c1-3-4-5-8(6-10)9(12)7(2)11/h3-6,9,12H,1-2H3/t9-/m0/s1. The van der Waals surface area contributed by atoms with Crippen molar-refractivity contribution in [3.05, 3.63) is 23.8 Å². The van der Waals surface area contributed by atoms with E-state index in [2.05, 4.69) is 0 Å². The number of allylic oxidation sites excluding steroid dienone is 3. The fourth-order valence-corrected chi connectivity index (χ4v) is 0.637. The molecule has 0 radical (unpaired) electrons. The molecule has 0 aliphatic carbocycles. The van der Waals surface area contributed by atoms with Crippen molar-refractivity contribution < 1.29 is 14.7 Å². The number of aldehydes is 1. The molecule has 0 rings (SSSR count). The number of aliphatic hydroxyl groups is 1. The number of carbonyl (C=O) groups excluding carboxylic acids is 2. The molecule has 0 heterocycles. The van der Waals surface area contributed by atoms with Crippen molar-refractivity contribution in [2.45, 2.75) is 20.0 Å². The highest BCUT2D eigenvalue weighted by Gasteiger charge is 2.13. The van der Waals surface area contributed by atoms with Gasteiger partial charge in [-0.3, -0.25) is 9.59 Å². The first kappa shape index (κ1) is 10.8. The van der Waals surface area contributed by atoms with Crippen LogP contribution in [0, 0.1) is 0 Å². The van der Waals surface area contributed by atoms with E-state index in [0.29, 0.717) is 6.29 Å². The fourth-order valence-electron chi connectivity index (χ4n) is 0.637. The Hall–Kier alpha value is -1.22. The van der Waals surface area contributed by atoms with Gasteiger partial charge in [0.1, 0.15) is 12.4 Å². The van der Waals surface area contributed by atoms with Gasteiger partial charge in [-0.15, -0.1) is 0 Å². The lowest BCUT2D eigenvalue weighted by Crippen LogP contribution is -2.20. The van der Waals surface area contributed by atoms with Crippen LogP contribution >= 0.6 is 0 Å². The zero-order valence-corrected chi connectivity index (χ0v) is 7.15. The molecule has 0 bridgehead atoms. The molecule has 0 aliphatic rings. The minimum absolute atomic E-state index is 0.0839. The molecule has 3 nitrogen and oxygen atoms in total. The molecule has 0 amide bonds. The summed E-state index contributed by atoms with van der Waals surface area (Å²) in [6.45, 7) is 3.01. The lowest BCUT2D eigenvalue weighted by atomic mass is 10.1. The Balaban J connectivity index is 4.54. The van der Waals surface area contributed by atoms with E-state index in [1.807, 2.05) is 0 Å². The summed E-state index contributed by atoms with van der Waals surface area (Å²) in [5, 5.41) is 9.13. The van der Waals surface area contributed by atoms with E-state index < -0.39 is 11.9 Å².